The number of nitriles is 1. The van der Waals surface area contributed by atoms with Gasteiger partial charge in [0.1, 0.15) is 5.75 Å². The standard InChI is InChI=1S/C24H11Br2NO/c1-28-24-17-7-12-3-2-11-4-5-18(25)16-8-13-6-14(10-27)15(9-19(24)26)23(17)22(13)21(12)20(11)16/h2-9H,1H3. The summed E-state index contributed by atoms with van der Waals surface area (Å²) >= 11 is 7.36. The van der Waals surface area contributed by atoms with Gasteiger partial charge in [-0.15, -0.1) is 0 Å². The lowest BCUT2D eigenvalue weighted by Gasteiger charge is -2.20. The molecule has 0 aliphatic heterocycles. The second-order valence-electron chi connectivity index (χ2n) is 7.11. The Hall–Kier alpha value is -2.61. The zero-order valence-electron chi connectivity index (χ0n) is 14.7. The molecule has 0 saturated carbocycles. The highest BCUT2D eigenvalue weighted by Gasteiger charge is 2.21. The van der Waals surface area contributed by atoms with Crippen molar-refractivity contribution < 1.29 is 4.74 Å². The van der Waals surface area contributed by atoms with E-state index in [9.17, 15) is 5.26 Å². The summed E-state index contributed by atoms with van der Waals surface area (Å²) in [6, 6.07) is 19.4. The van der Waals surface area contributed by atoms with Gasteiger partial charge in [-0.05, 0) is 84.0 Å². The Kier molecular flexibility index (Phi) is 3.19. The lowest BCUT2D eigenvalue weighted by Crippen LogP contribution is -1.94. The number of benzene rings is 6. The maximum Gasteiger partial charge on any atom is 0.140 e. The van der Waals surface area contributed by atoms with E-state index in [1.54, 1.807) is 7.11 Å². The van der Waals surface area contributed by atoms with Crippen molar-refractivity contribution in [3.05, 3.63) is 63.0 Å². The molecule has 0 spiro atoms. The number of methoxy groups -OCH3 is 1. The Morgan fingerprint density at radius 1 is 0.714 bits per heavy atom. The predicted molar refractivity (Wildman–Crippen MR) is 123 cm³/mol. The van der Waals surface area contributed by atoms with E-state index in [2.05, 4.69) is 74.3 Å². The maximum atomic E-state index is 9.83. The summed E-state index contributed by atoms with van der Waals surface area (Å²) in [6.45, 7) is 0. The predicted octanol–water partition coefficient (Wildman–Crippen LogP) is 7.73. The Morgan fingerprint density at radius 3 is 2.21 bits per heavy atom. The first-order valence-corrected chi connectivity index (χ1v) is 10.4. The van der Waals surface area contributed by atoms with Gasteiger partial charge < -0.3 is 4.74 Å². The second-order valence-corrected chi connectivity index (χ2v) is 8.81. The molecule has 0 aromatic heterocycles. The van der Waals surface area contributed by atoms with Crippen molar-refractivity contribution in [1.29, 1.82) is 5.26 Å². The zero-order valence-corrected chi connectivity index (χ0v) is 17.9. The van der Waals surface area contributed by atoms with Crippen molar-refractivity contribution in [3.8, 4) is 11.8 Å². The lowest BCUT2D eigenvalue weighted by molar-refractivity contribution is 0.417. The van der Waals surface area contributed by atoms with Gasteiger partial charge in [-0.2, -0.15) is 5.26 Å². The van der Waals surface area contributed by atoms with Gasteiger partial charge in [-0.1, -0.05) is 34.1 Å². The molecule has 6 rings (SSSR count). The zero-order chi connectivity index (χ0) is 19.2. The Labute approximate surface area is 177 Å². The summed E-state index contributed by atoms with van der Waals surface area (Å²) < 4.78 is 7.66. The second kappa shape index (κ2) is 5.47. The molecule has 2 nitrogen and oxygen atoms in total. The van der Waals surface area contributed by atoms with Crippen molar-refractivity contribution in [2.45, 2.75) is 0 Å². The van der Waals surface area contributed by atoms with E-state index in [1.807, 2.05) is 12.1 Å². The van der Waals surface area contributed by atoms with Crippen molar-refractivity contribution in [2.75, 3.05) is 7.11 Å². The van der Waals surface area contributed by atoms with Crippen LogP contribution in [-0.2, 0) is 0 Å². The van der Waals surface area contributed by atoms with Gasteiger partial charge in [0.2, 0.25) is 0 Å². The third kappa shape index (κ3) is 1.86. The van der Waals surface area contributed by atoms with Crippen LogP contribution in [0.4, 0.5) is 0 Å². The normalized spacial score (nSPS) is 12.1. The highest BCUT2D eigenvalue weighted by Crippen LogP contribution is 2.49. The van der Waals surface area contributed by atoms with Crippen LogP contribution in [0.15, 0.2) is 57.5 Å². The van der Waals surface area contributed by atoms with Gasteiger partial charge >= 0.3 is 0 Å². The molecule has 4 heteroatoms. The number of nitrogens with zero attached hydrogens (tertiary/aromatic N) is 1. The van der Waals surface area contributed by atoms with E-state index in [4.69, 9.17) is 4.74 Å². The summed E-state index contributed by atoms with van der Waals surface area (Å²) in [5, 5.41) is 21.3. The first kappa shape index (κ1) is 16.4. The molecule has 0 amide bonds. The first-order chi connectivity index (χ1) is 13.6. The van der Waals surface area contributed by atoms with Crippen molar-refractivity contribution in [3.63, 3.8) is 0 Å². The van der Waals surface area contributed by atoms with Gasteiger partial charge in [0, 0.05) is 20.6 Å². The molecule has 0 bridgehead atoms. The summed E-state index contributed by atoms with van der Waals surface area (Å²) in [7, 11) is 1.69. The number of ether oxygens (including phenoxy) is 1. The molecule has 0 heterocycles. The lowest BCUT2D eigenvalue weighted by atomic mass is 9.85. The Bertz CT molecular complexity index is 1630. The summed E-state index contributed by atoms with van der Waals surface area (Å²) in [6.07, 6.45) is 0. The molecule has 0 saturated heterocycles. The van der Waals surface area contributed by atoms with Crippen LogP contribution in [0.1, 0.15) is 5.56 Å². The van der Waals surface area contributed by atoms with E-state index < -0.39 is 0 Å². The molecule has 0 fully saturated rings. The van der Waals surface area contributed by atoms with Crippen LogP contribution in [0.5, 0.6) is 5.75 Å². The fourth-order valence-corrected chi connectivity index (χ4v) is 5.73. The molecule has 6 aromatic carbocycles. The summed E-state index contributed by atoms with van der Waals surface area (Å²) in [5.74, 6) is 0.801. The topological polar surface area (TPSA) is 33.0 Å². The molecule has 6 aromatic rings. The third-order valence-electron chi connectivity index (χ3n) is 5.78. The van der Waals surface area contributed by atoms with Crippen LogP contribution < -0.4 is 4.74 Å². The van der Waals surface area contributed by atoms with E-state index in [-0.39, 0.29) is 0 Å². The number of hydrogen-bond donors (Lipinski definition) is 0. The van der Waals surface area contributed by atoms with Crippen LogP contribution in [0.25, 0.3) is 53.9 Å². The molecule has 0 aliphatic rings. The van der Waals surface area contributed by atoms with E-state index in [0.717, 1.165) is 36.2 Å². The maximum absolute atomic E-state index is 9.83. The number of rotatable bonds is 1. The van der Waals surface area contributed by atoms with Crippen LogP contribution >= 0.6 is 31.9 Å². The Morgan fingerprint density at radius 2 is 1.43 bits per heavy atom. The van der Waals surface area contributed by atoms with Gasteiger partial charge in [-0.25, -0.2) is 0 Å². The molecule has 0 radical (unpaired) electrons. The Balaban J connectivity index is 2.08. The average Bonchev–Trinajstić information content (AvgIpc) is 2.71. The van der Waals surface area contributed by atoms with Crippen LogP contribution in [0.2, 0.25) is 0 Å². The largest absolute Gasteiger partial charge is 0.495 e. The monoisotopic (exact) mass is 487 g/mol. The molecule has 0 aliphatic carbocycles. The molecule has 0 unspecified atom stereocenters. The van der Waals surface area contributed by atoms with Crippen molar-refractivity contribution >= 4 is 85.7 Å². The fraction of sp³-hybridized carbons (Fsp3) is 0.0417. The van der Waals surface area contributed by atoms with Crippen molar-refractivity contribution in [2.24, 2.45) is 0 Å². The molecule has 28 heavy (non-hydrogen) atoms. The highest BCUT2D eigenvalue weighted by molar-refractivity contribution is 9.11. The average molecular weight is 489 g/mol. The summed E-state index contributed by atoms with van der Waals surface area (Å²) in [4.78, 5) is 0. The number of halogens is 2. The van der Waals surface area contributed by atoms with Crippen LogP contribution in [-0.4, -0.2) is 7.11 Å². The van der Waals surface area contributed by atoms with Gasteiger partial charge in [-0.3, -0.25) is 0 Å². The summed E-state index contributed by atoms with van der Waals surface area (Å²) in [5.41, 5.74) is 0.675. The van der Waals surface area contributed by atoms with E-state index >= 15 is 0 Å². The highest BCUT2D eigenvalue weighted by atomic mass is 79.9. The van der Waals surface area contributed by atoms with E-state index in [1.165, 1.54) is 32.3 Å². The third-order valence-corrected chi connectivity index (χ3v) is 7.06. The van der Waals surface area contributed by atoms with Crippen molar-refractivity contribution in [1.82, 2.24) is 0 Å². The minimum atomic E-state index is 0.675. The fourth-order valence-electron chi connectivity index (χ4n) is 4.68. The van der Waals surface area contributed by atoms with Crippen LogP contribution in [0, 0.1) is 11.3 Å². The van der Waals surface area contributed by atoms with Gasteiger partial charge in [0.25, 0.3) is 0 Å². The quantitative estimate of drug-likeness (QED) is 0.175. The smallest absolute Gasteiger partial charge is 0.140 e. The molecule has 0 atom stereocenters. The number of hydrogen-bond acceptors (Lipinski definition) is 2. The minimum Gasteiger partial charge on any atom is -0.495 e. The van der Waals surface area contributed by atoms with Gasteiger partial charge in [0.05, 0.1) is 23.2 Å². The molecule has 132 valence electrons. The molecular formula is C24H11Br2NO. The minimum absolute atomic E-state index is 0.675. The molecule has 0 N–H and O–H groups in total. The van der Waals surface area contributed by atoms with Crippen LogP contribution in [0.3, 0.4) is 0 Å². The van der Waals surface area contributed by atoms with E-state index in [0.29, 0.717) is 5.56 Å². The molecular weight excluding hydrogens is 478 g/mol. The SMILES string of the molecule is COc1c(Br)cc2c(C#N)cc3cc4c(Br)ccc5ccc6cc1c2c3c6c54. The van der Waals surface area contributed by atoms with Gasteiger partial charge in [0.15, 0.2) is 0 Å². The first-order valence-electron chi connectivity index (χ1n) is 8.84.